The summed E-state index contributed by atoms with van der Waals surface area (Å²) in [6, 6.07) is 29.5. The Morgan fingerprint density at radius 2 is 1.56 bits per heavy atom. The molecule has 0 heterocycles. The number of aryl methyl sites for hydroxylation is 1. The zero-order chi connectivity index (χ0) is 34.1. The van der Waals surface area contributed by atoms with Crippen molar-refractivity contribution in [1.29, 1.82) is 0 Å². The molecule has 1 N–H and O–H groups in total. The van der Waals surface area contributed by atoms with Crippen molar-refractivity contribution in [2.75, 3.05) is 18.0 Å². The van der Waals surface area contributed by atoms with Crippen molar-refractivity contribution in [2.24, 2.45) is 0 Å². The van der Waals surface area contributed by atoms with E-state index >= 15 is 0 Å². The molecule has 5 rings (SSSR count). The fourth-order valence-corrected chi connectivity index (χ4v) is 7.69. The molecule has 4 aromatic rings. The van der Waals surface area contributed by atoms with Gasteiger partial charge in [-0.15, -0.1) is 0 Å². The summed E-state index contributed by atoms with van der Waals surface area (Å²) >= 11 is 3.48. The molecule has 0 aromatic heterocycles. The van der Waals surface area contributed by atoms with Gasteiger partial charge < -0.3 is 15.0 Å². The highest BCUT2D eigenvalue weighted by Crippen LogP contribution is 2.28. The van der Waals surface area contributed by atoms with E-state index in [9.17, 15) is 18.0 Å². The van der Waals surface area contributed by atoms with Crippen LogP contribution >= 0.6 is 15.9 Å². The number of nitrogens with one attached hydrogen (secondary N) is 1. The van der Waals surface area contributed by atoms with Crippen molar-refractivity contribution < 1.29 is 22.7 Å². The average Bonchev–Trinajstić information content (AvgIpc) is 3.10. The average molecular weight is 733 g/mol. The van der Waals surface area contributed by atoms with E-state index < -0.39 is 28.5 Å². The standard InChI is InChI=1S/C38H42BrN3O5S/c1-28-16-22-35(23-17-28)48(45,46)42(33-14-9-15-34(25-33)47-2)27-37(43)41(26-30-18-20-31(39)21-19-30)36(24-29-10-5-3-6-11-29)38(44)40-32-12-7-4-8-13-32/h3,5-6,9-11,14-23,25,32,36H,4,7-8,12-13,24,26-27H2,1-2H3,(H,40,44)/t36-/m1/s1. The molecule has 48 heavy (non-hydrogen) atoms. The molecule has 0 saturated heterocycles. The van der Waals surface area contributed by atoms with Gasteiger partial charge in [0.1, 0.15) is 18.3 Å². The van der Waals surface area contributed by atoms with E-state index in [1.54, 1.807) is 36.4 Å². The number of carbonyl (C=O) groups is 2. The molecular weight excluding hydrogens is 690 g/mol. The maximum Gasteiger partial charge on any atom is 0.264 e. The van der Waals surface area contributed by atoms with Gasteiger partial charge in [-0.2, -0.15) is 0 Å². The first-order valence-electron chi connectivity index (χ1n) is 16.3. The summed E-state index contributed by atoms with van der Waals surface area (Å²) in [5.74, 6) is -0.300. The Hall–Kier alpha value is -4.15. The first-order valence-corrected chi connectivity index (χ1v) is 18.5. The summed E-state index contributed by atoms with van der Waals surface area (Å²) in [6.45, 7) is 1.46. The van der Waals surface area contributed by atoms with Crippen molar-refractivity contribution in [3.8, 4) is 5.75 Å². The summed E-state index contributed by atoms with van der Waals surface area (Å²) in [5.41, 5.74) is 2.89. The SMILES string of the molecule is COc1cccc(N(CC(=O)N(Cc2ccc(Br)cc2)[C@H](Cc2ccccc2)C(=O)NC2CCCCC2)S(=O)(=O)c2ccc(C)cc2)c1. The number of sulfonamides is 1. The number of hydrogen-bond donors (Lipinski definition) is 1. The summed E-state index contributed by atoms with van der Waals surface area (Å²) in [4.78, 5) is 30.5. The molecule has 1 aliphatic carbocycles. The van der Waals surface area contributed by atoms with Gasteiger partial charge in [0.05, 0.1) is 17.7 Å². The van der Waals surface area contributed by atoms with Gasteiger partial charge in [-0.05, 0) is 67.3 Å². The number of nitrogens with zero attached hydrogens (tertiary/aromatic N) is 2. The smallest absolute Gasteiger partial charge is 0.264 e. The van der Waals surface area contributed by atoms with E-state index in [-0.39, 0.29) is 35.5 Å². The van der Waals surface area contributed by atoms with Crippen LogP contribution in [-0.2, 0) is 32.6 Å². The monoisotopic (exact) mass is 731 g/mol. The second kappa shape index (κ2) is 16.3. The molecule has 10 heteroatoms. The number of ether oxygens (including phenoxy) is 1. The fourth-order valence-electron chi connectivity index (χ4n) is 6.02. The number of halogens is 1. The van der Waals surface area contributed by atoms with E-state index in [1.165, 1.54) is 24.1 Å². The largest absolute Gasteiger partial charge is 0.497 e. The van der Waals surface area contributed by atoms with Crippen molar-refractivity contribution in [3.63, 3.8) is 0 Å². The predicted molar refractivity (Wildman–Crippen MR) is 192 cm³/mol. The molecule has 252 valence electrons. The van der Waals surface area contributed by atoms with Gasteiger partial charge in [0.15, 0.2) is 0 Å². The van der Waals surface area contributed by atoms with Crippen LogP contribution in [0.4, 0.5) is 5.69 Å². The number of benzene rings is 4. The highest BCUT2D eigenvalue weighted by atomic mass is 79.9. The lowest BCUT2D eigenvalue weighted by Crippen LogP contribution is -2.55. The number of carbonyl (C=O) groups excluding carboxylic acids is 2. The second-order valence-corrected chi connectivity index (χ2v) is 15.0. The molecule has 0 spiro atoms. The number of anilines is 1. The van der Waals surface area contributed by atoms with Gasteiger partial charge in [-0.25, -0.2) is 8.42 Å². The minimum absolute atomic E-state index is 0.0318. The molecule has 0 unspecified atom stereocenters. The van der Waals surface area contributed by atoms with Crippen molar-refractivity contribution in [3.05, 3.63) is 124 Å². The Morgan fingerprint density at radius 1 is 0.875 bits per heavy atom. The third-order valence-corrected chi connectivity index (χ3v) is 11.0. The molecule has 0 aliphatic heterocycles. The molecule has 0 bridgehead atoms. The van der Waals surface area contributed by atoms with Gasteiger partial charge in [-0.3, -0.25) is 13.9 Å². The van der Waals surface area contributed by atoms with Crippen LogP contribution in [0.15, 0.2) is 112 Å². The maximum atomic E-state index is 14.7. The topological polar surface area (TPSA) is 96.0 Å². The van der Waals surface area contributed by atoms with Crippen molar-refractivity contribution in [1.82, 2.24) is 10.2 Å². The van der Waals surface area contributed by atoms with Crippen LogP contribution in [0.1, 0.15) is 48.8 Å². The van der Waals surface area contributed by atoms with E-state index in [0.717, 1.165) is 57.6 Å². The minimum Gasteiger partial charge on any atom is -0.497 e. The normalized spacial score (nSPS) is 14.1. The number of rotatable bonds is 13. The van der Waals surface area contributed by atoms with Gasteiger partial charge in [0, 0.05) is 29.5 Å². The third-order valence-electron chi connectivity index (χ3n) is 8.72. The lowest BCUT2D eigenvalue weighted by atomic mass is 9.94. The van der Waals surface area contributed by atoms with Crippen LogP contribution in [-0.4, -0.2) is 50.9 Å². The van der Waals surface area contributed by atoms with Crippen molar-refractivity contribution in [2.45, 2.75) is 69.0 Å². The van der Waals surface area contributed by atoms with Gasteiger partial charge in [0.25, 0.3) is 10.0 Å². The number of amides is 2. The van der Waals surface area contributed by atoms with Crippen LogP contribution in [0.5, 0.6) is 5.75 Å². The van der Waals surface area contributed by atoms with Crippen LogP contribution in [0.2, 0.25) is 0 Å². The van der Waals surface area contributed by atoms with Crippen LogP contribution in [0.3, 0.4) is 0 Å². The van der Waals surface area contributed by atoms with Crippen LogP contribution in [0, 0.1) is 6.92 Å². The molecule has 1 saturated carbocycles. The summed E-state index contributed by atoms with van der Waals surface area (Å²) in [7, 11) is -2.70. The molecule has 2 amide bonds. The van der Waals surface area contributed by atoms with E-state index in [4.69, 9.17) is 4.74 Å². The Bertz CT molecular complexity index is 1780. The molecule has 1 atom stereocenters. The lowest BCUT2D eigenvalue weighted by Gasteiger charge is -2.35. The van der Waals surface area contributed by atoms with E-state index in [0.29, 0.717) is 5.75 Å². The summed E-state index contributed by atoms with van der Waals surface area (Å²) in [6.07, 6.45) is 5.28. The highest BCUT2D eigenvalue weighted by Gasteiger charge is 2.35. The Morgan fingerprint density at radius 3 is 2.23 bits per heavy atom. The Balaban J connectivity index is 1.57. The van der Waals surface area contributed by atoms with Gasteiger partial charge in [0.2, 0.25) is 11.8 Å². The zero-order valence-electron chi connectivity index (χ0n) is 27.3. The maximum absolute atomic E-state index is 14.7. The fraction of sp³-hybridized carbons (Fsp3) is 0.316. The Kier molecular flexibility index (Phi) is 11.9. The first kappa shape index (κ1) is 35.2. The van der Waals surface area contributed by atoms with E-state index in [2.05, 4.69) is 21.2 Å². The summed E-state index contributed by atoms with van der Waals surface area (Å²) < 4.78 is 36.0. The molecule has 4 aromatic carbocycles. The molecule has 1 fully saturated rings. The third kappa shape index (κ3) is 9.05. The number of methoxy groups -OCH3 is 1. The van der Waals surface area contributed by atoms with Crippen molar-refractivity contribution >= 4 is 43.5 Å². The molecular formula is C38H42BrN3O5S. The van der Waals surface area contributed by atoms with E-state index in [1.807, 2.05) is 61.5 Å². The predicted octanol–water partition coefficient (Wildman–Crippen LogP) is 7.05. The minimum atomic E-state index is -4.21. The first-order chi connectivity index (χ1) is 23.1. The number of hydrogen-bond acceptors (Lipinski definition) is 5. The van der Waals surface area contributed by atoms with Crippen LogP contribution in [0.25, 0.3) is 0 Å². The molecule has 8 nitrogen and oxygen atoms in total. The Labute approximate surface area is 292 Å². The summed E-state index contributed by atoms with van der Waals surface area (Å²) in [5, 5.41) is 3.24. The van der Waals surface area contributed by atoms with Gasteiger partial charge >= 0.3 is 0 Å². The van der Waals surface area contributed by atoms with Crippen LogP contribution < -0.4 is 14.4 Å². The molecule has 0 radical (unpaired) electrons. The highest BCUT2D eigenvalue weighted by molar-refractivity contribution is 9.10. The molecule has 1 aliphatic rings. The second-order valence-electron chi connectivity index (χ2n) is 12.2. The van der Waals surface area contributed by atoms with Gasteiger partial charge in [-0.1, -0.05) is 101 Å². The zero-order valence-corrected chi connectivity index (χ0v) is 29.8. The quantitative estimate of drug-likeness (QED) is 0.159. The lowest BCUT2D eigenvalue weighted by molar-refractivity contribution is -0.140.